The van der Waals surface area contributed by atoms with E-state index in [0.29, 0.717) is 17.0 Å². The number of furan rings is 1. The molecule has 1 unspecified atom stereocenters. The molecule has 0 radical (unpaired) electrons. The number of fused-ring (bicyclic) bond motifs is 2. The smallest absolute Gasteiger partial charge is 0.358 e. The minimum absolute atomic E-state index is 0.322. The van der Waals surface area contributed by atoms with Gasteiger partial charge in [0.15, 0.2) is 5.58 Å². The summed E-state index contributed by atoms with van der Waals surface area (Å²) < 4.78 is 16.1. The maximum Gasteiger partial charge on any atom is 0.358 e. The van der Waals surface area contributed by atoms with E-state index in [1.54, 1.807) is 18.4 Å². The number of carbonyl (C=O) groups is 1. The van der Waals surface area contributed by atoms with Crippen LogP contribution < -0.4 is 0 Å². The molecule has 0 aliphatic carbocycles. The third-order valence-corrected chi connectivity index (χ3v) is 3.44. The van der Waals surface area contributed by atoms with Crippen molar-refractivity contribution < 1.29 is 18.7 Å². The van der Waals surface area contributed by atoms with Crippen LogP contribution in [0.15, 0.2) is 53.7 Å². The van der Waals surface area contributed by atoms with E-state index in [-0.39, 0.29) is 0 Å². The lowest BCUT2D eigenvalue weighted by atomic mass is 10.1. The van der Waals surface area contributed by atoms with E-state index in [9.17, 15) is 4.79 Å². The lowest BCUT2D eigenvalue weighted by Crippen LogP contribution is -2.11. The van der Waals surface area contributed by atoms with Crippen LogP contribution in [0.4, 0.5) is 0 Å². The zero-order valence-electron chi connectivity index (χ0n) is 11.0. The van der Waals surface area contributed by atoms with Crippen LogP contribution in [-0.4, -0.2) is 11.0 Å². The number of aromatic nitrogens is 1. The molecule has 5 nitrogen and oxygen atoms in total. The Balaban J connectivity index is 1.60. The number of rotatable bonds is 2. The molecule has 0 amide bonds. The van der Waals surface area contributed by atoms with Gasteiger partial charge in [-0.15, -0.1) is 0 Å². The van der Waals surface area contributed by atoms with Gasteiger partial charge >= 0.3 is 5.97 Å². The number of ether oxygens (including phenoxy) is 2. The average Bonchev–Trinajstić information content (AvgIpc) is 3.14. The van der Waals surface area contributed by atoms with Crippen molar-refractivity contribution in [3.05, 3.63) is 66.1 Å². The maximum absolute atomic E-state index is 12.2. The number of hydrogen-bond donors (Lipinski definition) is 1. The van der Waals surface area contributed by atoms with Gasteiger partial charge in [0.25, 0.3) is 6.29 Å². The van der Waals surface area contributed by atoms with Gasteiger partial charge < -0.3 is 18.9 Å². The maximum atomic E-state index is 12.2. The zero-order valence-corrected chi connectivity index (χ0v) is 11.0. The van der Waals surface area contributed by atoms with Gasteiger partial charge in [0.2, 0.25) is 0 Å². The minimum atomic E-state index is -0.768. The summed E-state index contributed by atoms with van der Waals surface area (Å²) in [6, 6.07) is 10.8. The average molecular weight is 281 g/mol. The van der Waals surface area contributed by atoms with Crippen LogP contribution in [-0.2, 0) is 9.47 Å². The highest BCUT2D eigenvalue weighted by atomic mass is 16.7. The van der Waals surface area contributed by atoms with Gasteiger partial charge in [0.1, 0.15) is 11.5 Å². The second-order valence-corrected chi connectivity index (χ2v) is 4.75. The summed E-state index contributed by atoms with van der Waals surface area (Å²) >= 11 is 0. The largest absolute Gasteiger partial charge is 0.463 e. The van der Waals surface area contributed by atoms with Crippen molar-refractivity contribution in [3.8, 4) is 0 Å². The molecule has 3 heterocycles. The van der Waals surface area contributed by atoms with Crippen molar-refractivity contribution in [3.63, 3.8) is 0 Å². The molecule has 3 aromatic rings. The van der Waals surface area contributed by atoms with E-state index in [4.69, 9.17) is 13.9 Å². The molecule has 1 aromatic carbocycles. The second kappa shape index (κ2) is 4.28. The molecule has 21 heavy (non-hydrogen) atoms. The fourth-order valence-electron chi connectivity index (χ4n) is 2.42. The van der Waals surface area contributed by atoms with Crippen LogP contribution in [0.2, 0.25) is 0 Å². The van der Waals surface area contributed by atoms with E-state index in [1.165, 1.54) is 0 Å². The summed E-state index contributed by atoms with van der Waals surface area (Å²) in [4.78, 5) is 15.1. The molecule has 2 aromatic heterocycles. The highest BCUT2D eigenvalue weighted by molar-refractivity contribution is 5.93. The van der Waals surface area contributed by atoms with E-state index in [2.05, 4.69) is 11.6 Å². The molecule has 1 aliphatic heterocycles. The van der Waals surface area contributed by atoms with Crippen molar-refractivity contribution in [2.24, 2.45) is 0 Å². The molecule has 0 fully saturated rings. The Morgan fingerprint density at radius 2 is 2.14 bits per heavy atom. The summed E-state index contributed by atoms with van der Waals surface area (Å²) in [5.74, 6) is -0.000417. The van der Waals surface area contributed by atoms with Gasteiger partial charge in [-0.25, -0.2) is 4.79 Å². The molecule has 0 bridgehead atoms. The number of hydrogen-bond acceptors (Lipinski definition) is 4. The van der Waals surface area contributed by atoms with E-state index in [1.807, 2.05) is 24.3 Å². The summed E-state index contributed by atoms with van der Waals surface area (Å²) in [5, 5.41) is 0. The Kier molecular flexibility index (Phi) is 2.41. The number of aromatic amines is 1. The van der Waals surface area contributed by atoms with Crippen LogP contribution in [0.3, 0.4) is 0 Å². The predicted octanol–water partition coefficient (Wildman–Crippen LogP) is 3.62. The molecule has 0 saturated carbocycles. The Hall–Kier alpha value is -2.95. The predicted molar refractivity (Wildman–Crippen MR) is 75.3 cm³/mol. The third kappa shape index (κ3) is 1.82. The summed E-state index contributed by atoms with van der Waals surface area (Å²) in [6.45, 7) is 3.82. The summed E-state index contributed by atoms with van der Waals surface area (Å²) in [6.07, 6.45) is 0.784. The number of esters is 1. The second-order valence-electron chi connectivity index (χ2n) is 4.75. The Morgan fingerprint density at radius 1 is 1.29 bits per heavy atom. The van der Waals surface area contributed by atoms with Crippen LogP contribution in [0, 0.1) is 0 Å². The van der Waals surface area contributed by atoms with Crippen LogP contribution in [0.5, 0.6) is 0 Å². The lowest BCUT2D eigenvalue weighted by Gasteiger charge is -2.12. The summed E-state index contributed by atoms with van der Waals surface area (Å²) in [5.41, 5.74) is 3.34. The molecule has 1 aliphatic rings. The highest BCUT2D eigenvalue weighted by Crippen LogP contribution is 2.38. The number of carbonyl (C=O) groups excluding carboxylic acids is 1. The SMILES string of the molecule is C=C1OC(OC(=O)c2cc3occc3[nH]2)c2ccccc21. The molecule has 1 N–H and O–H groups in total. The first-order valence-electron chi connectivity index (χ1n) is 6.44. The third-order valence-electron chi connectivity index (χ3n) is 3.44. The molecular formula is C16H11NO4. The van der Waals surface area contributed by atoms with Crippen molar-refractivity contribution >= 4 is 22.8 Å². The number of benzene rings is 1. The molecule has 4 rings (SSSR count). The monoisotopic (exact) mass is 281 g/mol. The topological polar surface area (TPSA) is 64.5 Å². The van der Waals surface area contributed by atoms with E-state index in [0.717, 1.165) is 16.6 Å². The highest BCUT2D eigenvalue weighted by Gasteiger charge is 2.30. The van der Waals surface area contributed by atoms with E-state index >= 15 is 0 Å². The fourth-order valence-corrected chi connectivity index (χ4v) is 2.42. The lowest BCUT2D eigenvalue weighted by molar-refractivity contribution is -0.0577. The molecule has 0 spiro atoms. The molecular weight excluding hydrogens is 270 g/mol. The summed E-state index contributed by atoms with van der Waals surface area (Å²) in [7, 11) is 0. The van der Waals surface area contributed by atoms with Crippen LogP contribution >= 0.6 is 0 Å². The molecule has 104 valence electrons. The Bertz CT molecular complexity index is 829. The Labute approximate surface area is 119 Å². The normalized spacial score (nSPS) is 16.8. The van der Waals surface area contributed by atoms with Gasteiger partial charge in [0.05, 0.1) is 11.8 Å². The van der Waals surface area contributed by atoms with Crippen molar-refractivity contribution in [2.45, 2.75) is 6.29 Å². The van der Waals surface area contributed by atoms with Gasteiger partial charge in [-0.2, -0.15) is 0 Å². The first-order chi connectivity index (χ1) is 10.2. The van der Waals surface area contributed by atoms with E-state index < -0.39 is 12.3 Å². The van der Waals surface area contributed by atoms with Crippen molar-refractivity contribution in [2.75, 3.05) is 0 Å². The fraction of sp³-hybridized carbons (Fsp3) is 0.0625. The quantitative estimate of drug-likeness (QED) is 0.729. The van der Waals surface area contributed by atoms with Gasteiger partial charge in [-0.3, -0.25) is 0 Å². The first kappa shape index (κ1) is 11.8. The number of H-pyrrole nitrogens is 1. The van der Waals surface area contributed by atoms with Gasteiger partial charge in [-0.05, 0) is 0 Å². The first-order valence-corrected chi connectivity index (χ1v) is 6.44. The van der Waals surface area contributed by atoms with Crippen LogP contribution in [0.25, 0.3) is 16.9 Å². The van der Waals surface area contributed by atoms with Crippen molar-refractivity contribution in [1.82, 2.24) is 4.98 Å². The van der Waals surface area contributed by atoms with Crippen LogP contribution in [0.1, 0.15) is 27.9 Å². The molecule has 5 heteroatoms. The molecule has 0 saturated heterocycles. The number of nitrogens with one attached hydrogen (secondary N) is 1. The zero-order chi connectivity index (χ0) is 14.4. The van der Waals surface area contributed by atoms with Gasteiger partial charge in [0, 0.05) is 23.3 Å². The standard InChI is InChI=1S/C16H11NO4/c1-9-10-4-2-3-5-11(10)16(20-9)21-15(18)13-8-14-12(17-13)6-7-19-14/h2-8,16-17H,1H2. The Morgan fingerprint density at radius 3 is 3.00 bits per heavy atom. The van der Waals surface area contributed by atoms with Gasteiger partial charge in [-0.1, -0.05) is 30.8 Å². The van der Waals surface area contributed by atoms with Crippen molar-refractivity contribution in [1.29, 1.82) is 0 Å². The minimum Gasteiger partial charge on any atom is -0.463 e. The molecule has 1 atom stereocenters.